The molecule has 242 valence electrons. The first kappa shape index (κ1) is 30.9. The third-order valence-electron chi connectivity index (χ3n) is 10.0. The molecular weight excluding hydrogens is 635 g/mol. The Hall–Kier alpha value is -6.09. The molecule has 0 saturated carbocycles. The summed E-state index contributed by atoms with van der Waals surface area (Å²) in [5, 5.41) is 0. The number of nitrogens with zero attached hydrogens (tertiary/aromatic N) is 1. The molecule has 8 aromatic rings. The molecule has 2 heteroatoms. The normalized spacial score (nSPS) is 12.8. The number of anilines is 3. The maximum Gasteiger partial charge on any atom is 0.0723 e. The van der Waals surface area contributed by atoms with E-state index in [9.17, 15) is 0 Å². The number of hydrogen-bond donors (Lipinski definition) is 0. The van der Waals surface area contributed by atoms with E-state index in [1.165, 1.54) is 54.3 Å². The Morgan fingerprint density at radius 3 is 1.39 bits per heavy atom. The van der Waals surface area contributed by atoms with Crippen molar-refractivity contribution in [2.45, 2.75) is 15.2 Å². The van der Waals surface area contributed by atoms with Crippen LogP contribution in [0.1, 0.15) is 22.3 Å². The van der Waals surface area contributed by atoms with Crippen LogP contribution in [0.2, 0.25) is 0 Å². The zero-order valence-corrected chi connectivity index (χ0v) is 28.9. The number of rotatable bonds is 7. The van der Waals surface area contributed by atoms with Crippen molar-refractivity contribution in [2.75, 3.05) is 4.90 Å². The smallest absolute Gasteiger partial charge is 0.0723 e. The second-order valence-corrected chi connectivity index (χ2v) is 13.9. The van der Waals surface area contributed by atoms with Crippen LogP contribution in [0.5, 0.6) is 0 Å². The van der Waals surface area contributed by atoms with Gasteiger partial charge in [0.25, 0.3) is 0 Å². The predicted octanol–water partition coefficient (Wildman–Crippen LogP) is 13.3. The van der Waals surface area contributed by atoms with E-state index in [1.54, 1.807) is 0 Å². The summed E-state index contributed by atoms with van der Waals surface area (Å²) < 4.78 is 0. The highest BCUT2D eigenvalue weighted by molar-refractivity contribution is 7.99. The van der Waals surface area contributed by atoms with Crippen molar-refractivity contribution < 1.29 is 0 Å². The van der Waals surface area contributed by atoms with E-state index in [0.717, 1.165) is 17.1 Å². The van der Waals surface area contributed by atoms with Crippen LogP contribution in [0.25, 0.3) is 22.3 Å². The van der Waals surface area contributed by atoms with Gasteiger partial charge in [0.05, 0.1) is 5.41 Å². The number of fused-ring (bicyclic) bond motifs is 2. The third-order valence-corrected chi connectivity index (χ3v) is 11.2. The van der Waals surface area contributed by atoms with Gasteiger partial charge < -0.3 is 4.90 Å². The molecule has 0 unspecified atom stereocenters. The molecule has 1 aliphatic heterocycles. The van der Waals surface area contributed by atoms with Crippen molar-refractivity contribution in [1.82, 2.24) is 0 Å². The lowest BCUT2D eigenvalue weighted by molar-refractivity contribution is 0.703. The summed E-state index contributed by atoms with van der Waals surface area (Å²) in [7, 11) is 0. The molecule has 0 bridgehead atoms. The van der Waals surface area contributed by atoms with Crippen LogP contribution < -0.4 is 4.90 Å². The van der Waals surface area contributed by atoms with Gasteiger partial charge in [0.15, 0.2) is 0 Å². The Balaban J connectivity index is 1.17. The van der Waals surface area contributed by atoms with Crippen LogP contribution in [0.15, 0.2) is 222 Å². The lowest BCUT2D eigenvalue weighted by Crippen LogP contribution is -2.34. The first-order valence-electron chi connectivity index (χ1n) is 17.4. The lowest BCUT2D eigenvalue weighted by Gasteiger charge is -2.42. The van der Waals surface area contributed by atoms with Gasteiger partial charge in [-0.05, 0) is 87.0 Å². The Morgan fingerprint density at radius 2 is 0.784 bits per heavy atom. The molecule has 1 heterocycles. The van der Waals surface area contributed by atoms with E-state index in [0.29, 0.717) is 0 Å². The quantitative estimate of drug-likeness (QED) is 0.166. The molecule has 0 saturated heterocycles. The van der Waals surface area contributed by atoms with Gasteiger partial charge in [-0.15, -0.1) is 0 Å². The van der Waals surface area contributed by atoms with Gasteiger partial charge in [-0.1, -0.05) is 182 Å². The van der Waals surface area contributed by atoms with Crippen molar-refractivity contribution in [2.24, 2.45) is 0 Å². The average Bonchev–Trinajstić information content (AvgIpc) is 3.22. The summed E-state index contributed by atoms with van der Waals surface area (Å²) in [6, 6.07) is 77.0. The van der Waals surface area contributed by atoms with Crippen molar-refractivity contribution in [3.05, 3.63) is 235 Å². The molecule has 51 heavy (non-hydrogen) atoms. The standard InChI is InChI=1S/C49H35NS/c1-5-16-36(17-6-1)37-28-32-42(33-29-37)50(41-22-11-4-12-23-41)43-34-30-38(31-35-43)44-24-15-26-46-48(44)51-47-27-14-13-25-45(47)49(46,39-18-7-2-8-19-39)40-20-9-3-10-21-40/h1-35H. The van der Waals surface area contributed by atoms with Crippen LogP contribution in [0.3, 0.4) is 0 Å². The van der Waals surface area contributed by atoms with Gasteiger partial charge in [-0.3, -0.25) is 0 Å². The monoisotopic (exact) mass is 669 g/mol. The summed E-state index contributed by atoms with van der Waals surface area (Å²) in [6.07, 6.45) is 0. The van der Waals surface area contributed by atoms with Gasteiger partial charge in [-0.2, -0.15) is 0 Å². The molecule has 0 atom stereocenters. The van der Waals surface area contributed by atoms with Gasteiger partial charge >= 0.3 is 0 Å². The average molecular weight is 670 g/mol. The topological polar surface area (TPSA) is 3.24 Å². The molecular formula is C49H35NS. The van der Waals surface area contributed by atoms with Gasteiger partial charge in [0, 0.05) is 26.9 Å². The summed E-state index contributed by atoms with van der Waals surface area (Å²) in [4.78, 5) is 4.92. The highest BCUT2D eigenvalue weighted by Gasteiger charge is 2.44. The summed E-state index contributed by atoms with van der Waals surface area (Å²) in [5.74, 6) is 0. The molecule has 8 aromatic carbocycles. The third kappa shape index (κ3) is 5.45. The van der Waals surface area contributed by atoms with Crippen molar-refractivity contribution >= 4 is 28.8 Å². The zero-order valence-electron chi connectivity index (χ0n) is 28.1. The number of benzene rings is 8. The Morgan fingerprint density at radius 1 is 0.333 bits per heavy atom. The molecule has 9 rings (SSSR count). The van der Waals surface area contributed by atoms with Gasteiger partial charge in [-0.25, -0.2) is 0 Å². The minimum absolute atomic E-state index is 0.453. The Bertz CT molecular complexity index is 2370. The van der Waals surface area contributed by atoms with Crippen LogP contribution in [0.4, 0.5) is 17.1 Å². The molecule has 0 fully saturated rings. The largest absolute Gasteiger partial charge is 0.311 e. The fourth-order valence-corrected chi connectivity index (χ4v) is 9.03. The highest BCUT2D eigenvalue weighted by atomic mass is 32.2. The maximum absolute atomic E-state index is 2.34. The van der Waals surface area contributed by atoms with E-state index < -0.39 is 5.41 Å². The zero-order chi connectivity index (χ0) is 34.0. The van der Waals surface area contributed by atoms with Crippen LogP contribution in [-0.2, 0) is 5.41 Å². The highest BCUT2D eigenvalue weighted by Crippen LogP contribution is 2.57. The number of para-hydroxylation sites is 1. The van der Waals surface area contributed by atoms with E-state index in [2.05, 4.69) is 217 Å². The summed E-state index contributed by atoms with van der Waals surface area (Å²) in [5.41, 5.74) is 13.0. The van der Waals surface area contributed by atoms with Crippen molar-refractivity contribution in [3.8, 4) is 22.3 Å². The van der Waals surface area contributed by atoms with E-state index in [1.807, 2.05) is 11.8 Å². The first-order chi connectivity index (χ1) is 25.3. The molecule has 0 radical (unpaired) electrons. The van der Waals surface area contributed by atoms with Crippen LogP contribution in [-0.4, -0.2) is 0 Å². The molecule has 0 aromatic heterocycles. The van der Waals surface area contributed by atoms with E-state index in [-0.39, 0.29) is 0 Å². The molecule has 0 amide bonds. The minimum Gasteiger partial charge on any atom is -0.311 e. The summed E-state index contributed by atoms with van der Waals surface area (Å²) in [6.45, 7) is 0. The second-order valence-electron chi connectivity index (χ2n) is 12.9. The van der Waals surface area contributed by atoms with E-state index in [4.69, 9.17) is 0 Å². The molecule has 0 spiro atoms. The predicted molar refractivity (Wildman–Crippen MR) is 214 cm³/mol. The fraction of sp³-hybridized carbons (Fsp3) is 0.0204. The fourth-order valence-electron chi connectivity index (χ4n) is 7.70. The van der Waals surface area contributed by atoms with Gasteiger partial charge in [0.1, 0.15) is 0 Å². The number of hydrogen-bond acceptors (Lipinski definition) is 2. The second kappa shape index (κ2) is 13.3. The van der Waals surface area contributed by atoms with Crippen molar-refractivity contribution in [3.63, 3.8) is 0 Å². The maximum atomic E-state index is 2.34. The van der Waals surface area contributed by atoms with E-state index >= 15 is 0 Å². The Kier molecular flexibility index (Phi) is 8.08. The molecule has 0 N–H and O–H groups in total. The summed E-state index contributed by atoms with van der Waals surface area (Å²) >= 11 is 1.89. The molecule has 1 nitrogen and oxygen atoms in total. The van der Waals surface area contributed by atoms with Crippen molar-refractivity contribution in [1.29, 1.82) is 0 Å². The lowest BCUT2D eigenvalue weighted by atomic mass is 9.64. The molecule has 1 aliphatic rings. The SMILES string of the molecule is c1ccc(-c2ccc(N(c3ccccc3)c3ccc(-c4cccc5c4Sc4ccccc4C5(c4ccccc4)c4ccccc4)cc3)cc2)cc1. The van der Waals surface area contributed by atoms with Crippen LogP contribution in [0, 0.1) is 0 Å². The Labute approximate surface area is 304 Å². The minimum atomic E-state index is -0.453. The van der Waals surface area contributed by atoms with Crippen LogP contribution >= 0.6 is 11.8 Å². The van der Waals surface area contributed by atoms with Gasteiger partial charge in [0.2, 0.25) is 0 Å². The molecule has 0 aliphatic carbocycles. The first-order valence-corrected chi connectivity index (χ1v) is 18.3.